The molecule has 1 aromatic rings. The van der Waals surface area contributed by atoms with Crippen molar-refractivity contribution in [2.24, 2.45) is 11.3 Å². The van der Waals surface area contributed by atoms with Crippen LogP contribution in [0.5, 0.6) is 0 Å². The van der Waals surface area contributed by atoms with Gasteiger partial charge >= 0.3 is 0 Å². The van der Waals surface area contributed by atoms with Gasteiger partial charge in [-0.2, -0.15) is 0 Å². The molecule has 0 bridgehead atoms. The Morgan fingerprint density at radius 3 is 2.68 bits per heavy atom. The summed E-state index contributed by atoms with van der Waals surface area (Å²) in [5, 5.41) is 3.48. The lowest BCUT2D eigenvalue weighted by Crippen LogP contribution is -2.52. The lowest BCUT2D eigenvalue weighted by atomic mass is 9.49. The molecule has 1 nitrogen and oxygen atoms in total. The fourth-order valence-corrected chi connectivity index (χ4v) is 5.62. The first-order chi connectivity index (χ1) is 10.4. The third-order valence-electron chi connectivity index (χ3n) is 6.75. The fourth-order valence-electron chi connectivity index (χ4n) is 5.62. The van der Waals surface area contributed by atoms with E-state index in [2.05, 4.69) is 58.3 Å². The van der Waals surface area contributed by atoms with Crippen LogP contribution < -0.4 is 5.32 Å². The summed E-state index contributed by atoms with van der Waals surface area (Å²) >= 11 is 0. The minimum atomic E-state index is 0.382. The van der Waals surface area contributed by atoms with Crippen molar-refractivity contribution in [2.75, 3.05) is 13.6 Å². The quantitative estimate of drug-likeness (QED) is 0.824. The van der Waals surface area contributed by atoms with Gasteiger partial charge in [0.05, 0.1) is 0 Å². The molecule has 1 fully saturated rings. The summed E-state index contributed by atoms with van der Waals surface area (Å²) in [4.78, 5) is 0. The summed E-state index contributed by atoms with van der Waals surface area (Å²) in [6.07, 6.45) is 6.76. The molecule has 0 aliphatic heterocycles. The number of rotatable bonds is 3. The average molecular weight is 300 g/mol. The molecule has 3 rings (SSSR count). The normalized spacial score (nSPS) is 34.4. The largest absolute Gasteiger partial charge is 0.319 e. The van der Waals surface area contributed by atoms with Gasteiger partial charge in [0.15, 0.2) is 0 Å². The van der Waals surface area contributed by atoms with Gasteiger partial charge in [0.1, 0.15) is 0 Å². The molecule has 0 amide bonds. The van der Waals surface area contributed by atoms with Crippen molar-refractivity contribution in [1.29, 1.82) is 0 Å². The summed E-state index contributed by atoms with van der Waals surface area (Å²) in [5.41, 5.74) is 5.65. The number of benzene rings is 1. The molecule has 3 atom stereocenters. The van der Waals surface area contributed by atoms with Crippen LogP contribution in [-0.4, -0.2) is 13.6 Å². The average Bonchev–Trinajstić information content (AvgIpc) is 2.46. The van der Waals surface area contributed by atoms with Crippen molar-refractivity contribution in [2.45, 2.75) is 71.1 Å². The molecule has 2 aliphatic carbocycles. The Bertz CT molecular complexity index is 543. The van der Waals surface area contributed by atoms with Gasteiger partial charge in [0, 0.05) is 6.54 Å². The molecule has 0 radical (unpaired) electrons. The first kappa shape index (κ1) is 16.1. The van der Waals surface area contributed by atoms with E-state index in [0.717, 1.165) is 12.5 Å². The maximum atomic E-state index is 3.48. The molecular weight excluding hydrogens is 266 g/mol. The summed E-state index contributed by atoms with van der Waals surface area (Å²) in [6, 6.07) is 7.37. The third kappa shape index (κ3) is 2.42. The fraction of sp³-hybridized carbons (Fsp3) is 0.714. The number of nitrogens with one attached hydrogen (secondary N) is 1. The molecule has 0 aromatic heterocycles. The zero-order chi connectivity index (χ0) is 16.0. The van der Waals surface area contributed by atoms with Crippen LogP contribution in [0, 0.1) is 11.3 Å². The molecule has 1 aromatic carbocycles. The molecule has 0 heterocycles. The molecule has 1 saturated carbocycles. The highest BCUT2D eigenvalue weighted by atomic mass is 14.8. The van der Waals surface area contributed by atoms with Crippen molar-refractivity contribution < 1.29 is 0 Å². The van der Waals surface area contributed by atoms with Crippen molar-refractivity contribution in [3.63, 3.8) is 0 Å². The predicted molar refractivity (Wildman–Crippen MR) is 95.6 cm³/mol. The molecule has 0 spiro atoms. The Kier molecular flexibility index (Phi) is 4.14. The second-order valence-corrected chi connectivity index (χ2v) is 8.62. The van der Waals surface area contributed by atoms with Crippen LogP contribution in [0.2, 0.25) is 0 Å². The van der Waals surface area contributed by atoms with Gasteiger partial charge in [-0.25, -0.2) is 0 Å². The van der Waals surface area contributed by atoms with Crippen LogP contribution >= 0.6 is 0 Å². The van der Waals surface area contributed by atoms with Gasteiger partial charge in [0.25, 0.3) is 0 Å². The molecule has 2 aliphatic rings. The van der Waals surface area contributed by atoms with E-state index < -0.39 is 0 Å². The van der Waals surface area contributed by atoms with Crippen LogP contribution in [0.3, 0.4) is 0 Å². The predicted octanol–water partition coefficient (Wildman–Crippen LogP) is 5.04. The van der Waals surface area contributed by atoms with E-state index in [1.165, 1.54) is 37.7 Å². The highest BCUT2D eigenvalue weighted by molar-refractivity contribution is 5.42. The monoisotopic (exact) mass is 299 g/mol. The highest BCUT2D eigenvalue weighted by Crippen LogP contribution is 2.57. The minimum absolute atomic E-state index is 0.382. The first-order valence-electron chi connectivity index (χ1n) is 9.18. The molecule has 22 heavy (non-hydrogen) atoms. The van der Waals surface area contributed by atoms with Crippen molar-refractivity contribution in [1.82, 2.24) is 5.32 Å². The van der Waals surface area contributed by atoms with Crippen LogP contribution in [0.25, 0.3) is 0 Å². The van der Waals surface area contributed by atoms with Gasteiger partial charge < -0.3 is 5.32 Å². The van der Waals surface area contributed by atoms with Crippen LogP contribution in [-0.2, 0) is 11.8 Å². The van der Waals surface area contributed by atoms with Gasteiger partial charge in [-0.3, -0.25) is 0 Å². The molecule has 3 unspecified atom stereocenters. The van der Waals surface area contributed by atoms with Crippen LogP contribution in [0.15, 0.2) is 18.2 Å². The van der Waals surface area contributed by atoms with Crippen molar-refractivity contribution in [3.8, 4) is 0 Å². The zero-order valence-corrected chi connectivity index (χ0v) is 15.1. The van der Waals surface area contributed by atoms with E-state index in [0.29, 0.717) is 16.7 Å². The molecule has 0 saturated heterocycles. The summed E-state index contributed by atoms with van der Waals surface area (Å²) < 4.78 is 0. The van der Waals surface area contributed by atoms with Crippen LogP contribution in [0.4, 0.5) is 0 Å². The van der Waals surface area contributed by atoms with E-state index in [1.54, 1.807) is 11.1 Å². The molecule has 122 valence electrons. The number of hydrogen-bond acceptors (Lipinski definition) is 1. The van der Waals surface area contributed by atoms with Crippen LogP contribution in [0.1, 0.15) is 76.0 Å². The Hall–Kier alpha value is -0.820. The third-order valence-corrected chi connectivity index (χ3v) is 6.75. The second-order valence-electron chi connectivity index (χ2n) is 8.62. The molecule has 1 N–H and O–H groups in total. The number of fused-ring (bicyclic) bond motifs is 3. The van der Waals surface area contributed by atoms with Gasteiger partial charge in [-0.05, 0) is 72.1 Å². The maximum absolute atomic E-state index is 3.48. The number of aryl methyl sites for hydroxylation is 1. The van der Waals surface area contributed by atoms with Crippen molar-refractivity contribution >= 4 is 0 Å². The Labute approximate surface area is 136 Å². The maximum Gasteiger partial charge on any atom is 0.000513 e. The van der Waals surface area contributed by atoms with Gasteiger partial charge in [-0.1, -0.05) is 52.3 Å². The van der Waals surface area contributed by atoms with E-state index in [9.17, 15) is 0 Å². The van der Waals surface area contributed by atoms with Gasteiger partial charge in [-0.15, -0.1) is 0 Å². The summed E-state index contributed by atoms with van der Waals surface area (Å²) in [6.45, 7) is 10.9. The van der Waals surface area contributed by atoms with Gasteiger partial charge in [0.2, 0.25) is 0 Å². The number of hydrogen-bond donors (Lipinski definition) is 1. The van der Waals surface area contributed by atoms with E-state index >= 15 is 0 Å². The summed E-state index contributed by atoms with van der Waals surface area (Å²) in [7, 11) is 2.11. The summed E-state index contributed by atoms with van der Waals surface area (Å²) in [5.74, 6) is 1.45. The topological polar surface area (TPSA) is 12.0 Å². The lowest BCUT2D eigenvalue weighted by Gasteiger charge is -2.55. The molecular formula is C21H33N. The smallest absolute Gasteiger partial charge is 0.000513 e. The first-order valence-corrected chi connectivity index (χ1v) is 9.18. The second kappa shape index (κ2) is 5.67. The van der Waals surface area contributed by atoms with E-state index in [-0.39, 0.29) is 0 Å². The van der Waals surface area contributed by atoms with E-state index in [1.807, 2.05) is 0 Å². The Morgan fingerprint density at radius 1 is 1.23 bits per heavy atom. The van der Waals surface area contributed by atoms with Crippen molar-refractivity contribution in [3.05, 3.63) is 34.9 Å². The standard InChI is InChI=1S/C21H33N/c1-15(2)16-7-9-18-17(13-16)8-10-19-20(3,14-22-5)11-6-12-21(18,19)4/h7,9,13,15,19,22H,6,8,10-12,14H2,1-5H3. The highest BCUT2D eigenvalue weighted by Gasteiger charge is 2.51. The minimum Gasteiger partial charge on any atom is -0.319 e. The Morgan fingerprint density at radius 2 is 2.00 bits per heavy atom. The SMILES string of the molecule is CNCC1(C)CCCC2(C)c3ccc(C(C)C)cc3CCC12. The molecule has 1 heteroatoms. The zero-order valence-electron chi connectivity index (χ0n) is 15.1. The lowest BCUT2D eigenvalue weighted by molar-refractivity contribution is 0.0273. The van der Waals surface area contributed by atoms with E-state index in [4.69, 9.17) is 0 Å². The Balaban J connectivity index is 2.02.